The van der Waals surface area contributed by atoms with Gasteiger partial charge in [-0.15, -0.1) is 0 Å². The molecule has 0 saturated heterocycles. The predicted octanol–water partition coefficient (Wildman–Crippen LogP) is 5.35. The number of amides is 1. The summed E-state index contributed by atoms with van der Waals surface area (Å²) >= 11 is 0. The van der Waals surface area contributed by atoms with Crippen molar-refractivity contribution < 1.29 is 18.0 Å². The number of furan rings is 1. The molecular weight excluding hydrogens is 410 g/mol. The average molecular weight is 441 g/mol. The number of aryl methyl sites for hydroxylation is 1. The van der Waals surface area contributed by atoms with Crippen LogP contribution in [-0.4, -0.2) is 34.8 Å². The monoisotopic (exact) mass is 440 g/mol. The van der Waals surface area contributed by atoms with E-state index in [0.29, 0.717) is 18.7 Å². The minimum absolute atomic E-state index is 0.0205. The van der Waals surface area contributed by atoms with Gasteiger partial charge < -0.3 is 9.32 Å². The summed E-state index contributed by atoms with van der Waals surface area (Å²) in [5.41, 5.74) is 1.65. The molecule has 6 heteroatoms. The maximum Gasteiger partial charge on any atom is 0.237 e. The Balaban J connectivity index is 1.73. The van der Waals surface area contributed by atoms with Crippen LogP contribution in [0.1, 0.15) is 36.5 Å². The van der Waals surface area contributed by atoms with Gasteiger partial charge in [-0.1, -0.05) is 30.3 Å². The zero-order valence-corrected chi connectivity index (χ0v) is 18.9. The topological polar surface area (TPSA) is 36.7 Å². The minimum Gasteiger partial charge on any atom is -0.464 e. The molecule has 2 aromatic carbocycles. The highest BCUT2D eigenvalue weighted by Gasteiger charge is 2.21. The van der Waals surface area contributed by atoms with E-state index in [1.807, 2.05) is 68.1 Å². The number of rotatable bonds is 10. The third kappa shape index (κ3) is 7.02. The van der Waals surface area contributed by atoms with E-state index < -0.39 is 11.6 Å². The Morgan fingerprint density at radius 2 is 1.62 bits per heavy atom. The highest BCUT2D eigenvalue weighted by molar-refractivity contribution is 5.78. The quantitative estimate of drug-likeness (QED) is 0.427. The van der Waals surface area contributed by atoms with E-state index in [2.05, 4.69) is 0 Å². The van der Waals surface area contributed by atoms with Crippen LogP contribution in [0.15, 0.2) is 65.1 Å². The van der Waals surface area contributed by atoms with Crippen LogP contribution < -0.4 is 0 Å². The van der Waals surface area contributed by atoms with Gasteiger partial charge in [0, 0.05) is 25.2 Å². The number of carbonyl (C=O) groups is 1. The van der Waals surface area contributed by atoms with Gasteiger partial charge in [-0.2, -0.15) is 0 Å². The summed E-state index contributed by atoms with van der Waals surface area (Å²) in [5, 5.41) is 0. The van der Waals surface area contributed by atoms with Gasteiger partial charge in [-0.3, -0.25) is 9.69 Å². The first kappa shape index (κ1) is 23.7. The smallest absolute Gasteiger partial charge is 0.237 e. The summed E-state index contributed by atoms with van der Waals surface area (Å²) in [6, 6.07) is 17.3. The first-order valence-corrected chi connectivity index (χ1v) is 10.9. The number of halogens is 2. The molecule has 0 saturated carbocycles. The minimum atomic E-state index is -0.618. The second-order valence-electron chi connectivity index (χ2n) is 8.34. The van der Waals surface area contributed by atoms with Crippen LogP contribution >= 0.6 is 0 Å². The highest BCUT2D eigenvalue weighted by Crippen LogP contribution is 2.15. The molecule has 170 valence electrons. The van der Waals surface area contributed by atoms with Crippen molar-refractivity contribution in [1.29, 1.82) is 0 Å². The first-order chi connectivity index (χ1) is 15.3. The Kier molecular flexibility index (Phi) is 8.17. The van der Waals surface area contributed by atoms with Crippen molar-refractivity contribution in [3.63, 3.8) is 0 Å². The first-order valence-electron chi connectivity index (χ1n) is 10.9. The molecule has 0 atom stereocenters. The van der Waals surface area contributed by atoms with Crippen molar-refractivity contribution in [2.45, 2.75) is 46.3 Å². The van der Waals surface area contributed by atoms with Crippen LogP contribution in [0.5, 0.6) is 0 Å². The fourth-order valence-electron chi connectivity index (χ4n) is 3.59. The zero-order valence-electron chi connectivity index (χ0n) is 18.9. The lowest BCUT2D eigenvalue weighted by atomic mass is 10.1. The molecule has 3 rings (SSSR count). The maximum absolute atomic E-state index is 13.6. The number of carbonyl (C=O) groups excluding carboxylic acids is 1. The molecule has 3 aromatic rings. The van der Waals surface area contributed by atoms with Crippen LogP contribution in [0.4, 0.5) is 8.78 Å². The van der Waals surface area contributed by atoms with E-state index in [-0.39, 0.29) is 25.0 Å². The summed E-state index contributed by atoms with van der Waals surface area (Å²) in [7, 11) is 0. The second-order valence-corrected chi connectivity index (χ2v) is 8.34. The molecule has 0 bridgehead atoms. The molecule has 0 fully saturated rings. The molecule has 1 heterocycles. The molecule has 32 heavy (non-hydrogen) atoms. The molecule has 0 N–H and O–H groups in total. The van der Waals surface area contributed by atoms with Crippen molar-refractivity contribution >= 4 is 5.91 Å². The Morgan fingerprint density at radius 1 is 0.938 bits per heavy atom. The van der Waals surface area contributed by atoms with Crippen LogP contribution in [0, 0.1) is 18.6 Å². The molecule has 4 nitrogen and oxygen atoms in total. The lowest BCUT2D eigenvalue weighted by molar-refractivity contribution is -0.134. The number of nitrogens with zero attached hydrogens (tertiary/aromatic N) is 2. The normalized spacial score (nSPS) is 11.3. The number of hydrogen-bond acceptors (Lipinski definition) is 3. The third-order valence-electron chi connectivity index (χ3n) is 5.39. The van der Waals surface area contributed by atoms with Gasteiger partial charge in [0.2, 0.25) is 5.91 Å². The predicted molar refractivity (Wildman–Crippen MR) is 121 cm³/mol. The lowest BCUT2D eigenvalue weighted by Crippen LogP contribution is -2.43. The molecular formula is C26H30F2N2O2. The van der Waals surface area contributed by atoms with E-state index in [4.69, 9.17) is 4.42 Å². The fraction of sp³-hybridized carbons (Fsp3) is 0.346. The molecule has 0 aliphatic carbocycles. The standard InChI is InChI=1S/C26H30F2N2O2/c1-19(2)30(16-22-13-23(27)15-24(28)14-22)18-26(31)29(17-25-10-9-20(3)32-25)12-11-21-7-5-4-6-8-21/h4-10,13-15,19H,11-12,16-18H2,1-3H3. The average Bonchev–Trinajstić information content (AvgIpc) is 3.15. The summed E-state index contributed by atoms with van der Waals surface area (Å²) in [5.74, 6) is 0.237. The Morgan fingerprint density at radius 3 is 2.22 bits per heavy atom. The van der Waals surface area contributed by atoms with Gasteiger partial charge in [-0.05, 0) is 62.6 Å². The summed E-state index contributed by atoms with van der Waals surface area (Å²) in [4.78, 5) is 17.0. The van der Waals surface area contributed by atoms with Crippen molar-refractivity contribution in [1.82, 2.24) is 9.80 Å². The van der Waals surface area contributed by atoms with Crippen molar-refractivity contribution in [2.75, 3.05) is 13.1 Å². The van der Waals surface area contributed by atoms with Gasteiger partial charge in [-0.25, -0.2) is 8.78 Å². The SMILES string of the molecule is Cc1ccc(CN(CCc2ccccc2)C(=O)CN(Cc2cc(F)cc(F)c2)C(C)C)o1. The molecule has 0 aliphatic heterocycles. The van der Waals surface area contributed by atoms with E-state index in [1.54, 1.807) is 4.90 Å². The number of benzene rings is 2. The molecule has 0 radical (unpaired) electrons. The highest BCUT2D eigenvalue weighted by atomic mass is 19.1. The van der Waals surface area contributed by atoms with Crippen LogP contribution in [0.25, 0.3) is 0 Å². The summed E-state index contributed by atoms with van der Waals surface area (Å²) < 4.78 is 33.0. The van der Waals surface area contributed by atoms with Gasteiger partial charge in [0.25, 0.3) is 0 Å². The van der Waals surface area contributed by atoms with Crippen LogP contribution in [0.3, 0.4) is 0 Å². The van der Waals surface area contributed by atoms with Crippen molar-refractivity contribution in [3.8, 4) is 0 Å². The molecule has 1 amide bonds. The molecule has 0 aliphatic rings. The van der Waals surface area contributed by atoms with Gasteiger partial charge in [0.1, 0.15) is 23.2 Å². The third-order valence-corrected chi connectivity index (χ3v) is 5.39. The largest absolute Gasteiger partial charge is 0.464 e. The van der Waals surface area contributed by atoms with Gasteiger partial charge in [0.05, 0.1) is 13.1 Å². The Labute approximate surface area is 188 Å². The molecule has 1 aromatic heterocycles. The van der Waals surface area contributed by atoms with Gasteiger partial charge >= 0.3 is 0 Å². The van der Waals surface area contributed by atoms with Crippen LogP contribution in [-0.2, 0) is 24.3 Å². The van der Waals surface area contributed by atoms with Crippen molar-refractivity contribution in [2.24, 2.45) is 0 Å². The lowest BCUT2D eigenvalue weighted by Gasteiger charge is -2.30. The fourth-order valence-corrected chi connectivity index (χ4v) is 3.59. The summed E-state index contributed by atoms with van der Waals surface area (Å²) in [6.07, 6.45) is 0.725. The van der Waals surface area contributed by atoms with Crippen LogP contribution in [0.2, 0.25) is 0 Å². The van der Waals surface area contributed by atoms with E-state index >= 15 is 0 Å². The molecule has 0 unspecified atom stereocenters. The van der Waals surface area contributed by atoms with Crippen molar-refractivity contribution in [3.05, 3.63) is 94.9 Å². The zero-order chi connectivity index (χ0) is 23.1. The van der Waals surface area contributed by atoms with E-state index in [0.717, 1.165) is 29.6 Å². The van der Waals surface area contributed by atoms with E-state index in [9.17, 15) is 13.6 Å². The second kappa shape index (κ2) is 11.0. The molecule has 0 spiro atoms. The number of hydrogen-bond donors (Lipinski definition) is 0. The van der Waals surface area contributed by atoms with Gasteiger partial charge in [0.15, 0.2) is 0 Å². The Bertz CT molecular complexity index is 997. The Hall–Kier alpha value is -2.99. The van der Waals surface area contributed by atoms with E-state index in [1.165, 1.54) is 12.1 Å². The maximum atomic E-state index is 13.6. The summed E-state index contributed by atoms with van der Waals surface area (Å²) in [6.45, 7) is 7.15.